The van der Waals surface area contributed by atoms with Crippen LogP contribution in [0.5, 0.6) is 0 Å². The number of rotatable bonds is 5. The van der Waals surface area contributed by atoms with Gasteiger partial charge >= 0.3 is 11.9 Å². The second-order valence-electron chi connectivity index (χ2n) is 3.55. The van der Waals surface area contributed by atoms with Gasteiger partial charge in [-0.1, -0.05) is 13.2 Å². The summed E-state index contributed by atoms with van der Waals surface area (Å²) in [7, 11) is 7.22. The fourth-order valence-corrected chi connectivity index (χ4v) is 0.517. The molecule has 17 heavy (non-hydrogen) atoms. The van der Waals surface area contributed by atoms with Crippen molar-refractivity contribution in [3.05, 3.63) is 25.3 Å². The molecule has 0 aromatic heterocycles. The van der Waals surface area contributed by atoms with Gasteiger partial charge in [-0.15, -0.1) is 5.06 Å². The Kier molecular flexibility index (Phi) is 11.3. The van der Waals surface area contributed by atoms with Gasteiger partial charge in [-0.2, -0.15) is 0 Å². The van der Waals surface area contributed by atoms with Crippen molar-refractivity contribution in [1.29, 1.82) is 0 Å². The molecule has 0 unspecified atom stereocenters. The second kappa shape index (κ2) is 10.8. The molecule has 0 aliphatic rings. The highest BCUT2D eigenvalue weighted by Gasteiger charge is 1.98. The zero-order valence-electron chi connectivity index (χ0n) is 10.9. The van der Waals surface area contributed by atoms with Crippen molar-refractivity contribution in [3.8, 4) is 0 Å². The van der Waals surface area contributed by atoms with Crippen molar-refractivity contribution in [3.63, 3.8) is 0 Å². The lowest BCUT2D eigenvalue weighted by Gasteiger charge is -2.05. The molecule has 0 aromatic carbocycles. The van der Waals surface area contributed by atoms with E-state index < -0.39 is 5.97 Å². The van der Waals surface area contributed by atoms with E-state index in [0.717, 1.165) is 17.1 Å². The molecule has 0 aliphatic heterocycles. The van der Waals surface area contributed by atoms with Crippen LogP contribution in [-0.4, -0.2) is 46.9 Å². The first-order chi connectivity index (χ1) is 7.83. The Morgan fingerprint density at radius 3 is 1.76 bits per heavy atom. The summed E-state index contributed by atoms with van der Waals surface area (Å²) in [6.07, 6.45) is 2.29. The van der Waals surface area contributed by atoms with Crippen molar-refractivity contribution in [2.75, 3.05) is 34.9 Å². The van der Waals surface area contributed by atoms with E-state index in [4.69, 9.17) is 0 Å². The summed E-state index contributed by atoms with van der Waals surface area (Å²) >= 11 is 0. The van der Waals surface area contributed by atoms with Crippen LogP contribution >= 0.6 is 0 Å². The van der Waals surface area contributed by atoms with Gasteiger partial charge in [-0.3, -0.25) is 4.84 Å². The number of hydrogen-bond donors (Lipinski definition) is 2. The van der Waals surface area contributed by atoms with Gasteiger partial charge in [0.15, 0.2) is 0 Å². The van der Waals surface area contributed by atoms with Crippen LogP contribution in [0.2, 0.25) is 0 Å². The van der Waals surface area contributed by atoms with Gasteiger partial charge in [0, 0.05) is 12.2 Å². The van der Waals surface area contributed by atoms with Crippen molar-refractivity contribution in [1.82, 2.24) is 0 Å². The van der Waals surface area contributed by atoms with Gasteiger partial charge in [0.05, 0.1) is 14.1 Å². The van der Waals surface area contributed by atoms with E-state index in [9.17, 15) is 9.59 Å². The molecule has 0 fully saturated rings. The maximum Gasteiger partial charge on any atom is 0.389 e. The average molecular weight is 246 g/mol. The van der Waals surface area contributed by atoms with E-state index in [2.05, 4.69) is 22.7 Å². The first-order valence-corrected chi connectivity index (χ1v) is 5.06. The minimum absolute atomic E-state index is 0.365. The Hall–Kier alpha value is -1.66. The van der Waals surface area contributed by atoms with Crippen LogP contribution in [0.3, 0.4) is 0 Å². The highest BCUT2D eigenvalue weighted by molar-refractivity contribution is 5.81. The smallest absolute Gasteiger partial charge is 0.389 e. The first kappa shape index (κ1) is 17.7. The second-order valence-corrected chi connectivity index (χ2v) is 3.55. The normalized spacial score (nSPS) is 9.06. The number of hydroxylamine groups is 2. The van der Waals surface area contributed by atoms with Crippen LogP contribution in [0.25, 0.3) is 0 Å². The molecule has 6 nitrogen and oxygen atoms in total. The number of carbonyl (C=O) groups is 2. The molecule has 0 atom stereocenters. The summed E-state index contributed by atoms with van der Waals surface area (Å²) in [4.78, 5) is 26.3. The third-order valence-electron chi connectivity index (χ3n) is 1.14. The first-order valence-electron chi connectivity index (χ1n) is 5.06. The SMILES string of the molecule is C=CC(=O)OC[NH+](C)C.C=CC(=O)O[NH+](C)C. The van der Waals surface area contributed by atoms with Crippen molar-refractivity contribution >= 4 is 11.9 Å². The molecule has 0 radical (unpaired) electrons. The van der Waals surface area contributed by atoms with Gasteiger partial charge in [-0.05, 0) is 0 Å². The van der Waals surface area contributed by atoms with Crippen LogP contribution in [0.15, 0.2) is 25.3 Å². The maximum absolute atomic E-state index is 10.4. The van der Waals surface area contributed by atoms with Crippen molar-refractivity contribution in [2.45, 2.75) is 0 Å². The number of carbonyl (C=O) groups excluding carboxylic acids is 2. The monoisotopic (exact) mass is 246 g/mol. The van der Waals surface area contributed by atoms with Gasteiger partial charge in [0.25, 0.3) is 0 Å². The standard InChI is InChI=1S/C6H11NO2.C5H9NO2/c1-4-6(8)9-5-7(2)3;1-4-5(7)8-6(2)3/h4H,1,5H2,2-3H3;4H,1H2,2-3H3/p+2. The van der Waals surface area contributed by atoms with Crippen LogP contribution in [-0.2, 0) is 19.2 Å². The topological polar surface area (TPSA) is 61.5 Å². The summed E-state index contributed by atoms with van der Waals surface area (Å²) in [5, 5.41) is 0.634. The molecule has 2 N–H and O–H groups in total. The van der Waals surface area contributed by atoms with Gasteiger partial charge in [0.1, 0.15) is 14.1 Å². The molecule has 0 aliphatic carbocycles. The van der Waals surface area contributed by atoms with Gasteiger partial charge < -0.3 is 9.64 Å². The molecule has 0 saturated heterocycles. The molecule has 0 rings (SSSR count). The highest BCUT2D eigenvalue weighted by Crippen LogP contribution is 1.71. The maximum atomic E-state index is 10.4. The van der Waals surface area contributed by atoms with Gasteiger partial charge in [-0.25, -0.2) is 9.59 Å². The zero-order valence-corrected chi connectivity index (χ0v) is 10.9. The fourth-order valence-electron chi connectivity index (χ4n) is 0.517. The molecular formula is C11H22N2O4+2. The third kappa shape index (κ3) is 17.0. The Labute approximate surface area is 102 Å². The van der Waals surface area contributed by atoms with E-state index >= 15 is 0 Å². The summed E-state index contributed by atoms with van der Waals surface area (Å²) in [6, 6.07) is 0. The molecule has 0 heterocycles. The molecule has 98 valence electrons. The minimum atomic E-state index is -0.398. The van der Waals surface area contributed by atoms with E-state index in [1.807, 2.05) is 14.1 Å². The predicted molar refractivity (Wildman–Crippen MR) is 63.1 cm³/mol. The molecule has 0 bridgehead atoms. The van der Waals surface area contributed by atoms with Gasteiger partial charge in [0.2, 0.25) is 6.73 Å². The molecule has 0 spiro atoms. The quantitative estimate of drug-likeness (QED) is 0.246. The summed E-state index contributed by atoms with van der Waals surface area (Å²) in [5.74, 6) is -0.763. The fraction of sp³-hybridized carbons (Fsp3) is 0.455. The Bertz CT molecular complexity index is 262. The van der Waals surface area contributed by atoms with E-state index in [1.165, 1.54) is 0 Å². The summed E-state index contributed by atoms with van der Waals surface area (Å²) < 4.78 is 4.66. The molecule has 0 saturated carbocycles. The van der Waals surface area contributed by atoms with Crippen LogP contribution < -0.4 is 9.96 Å². The van der Waals surface area contributed by atoms with Crippen LogP contribution in [0.1, 0.15) is 0 Å². The summed E-state index contributed by atoms with van der Waals surface area (Å²) in [6.45, 7) is 6.87. The number of nitrogens with one attached hydrogen (secondary N) is 2. The molecule has 0 aromatic rings. The Morgan fingerprint density at radius 1 is 1.06 bits per heavy atom. The predicted octanol–water partition coefficient (Wildman–Crippen LogP) is -2.41. The lowest BCUT2D eigenvalue weighted by Crippen LogP contribution is -3.06. The average Bonchev–Trinajstić information content (AvgIpc) is 2.25. The Morgan fingerprint density at radius 2 is 1.53 bits per heavy atom. The third-order valence-corrected chi connectivity index (χ3v) is 1.14. The number of esters is 1. The minimum Gasteiger partial charge on any atom is -0.412 e. The van der Waals surface area contributed by atoms with E-state index in [0.29, 0.717) is 11.8 Å². The number of hydrogen-bond acceptors (Lipinski definition) is 4. The van der Waals surface area contributed by atoms with Crippen molar-refractivity contribution < 1.29 is 29.1 Å². The number of ether oxygens (including phenoxy) is 1. The summed E-state index contributed by atoms with van der Waals surface area (Å²) in [5.41, 5.74) is 0. The molecular weight excluding hydrogens is 224 g/mol. The van der Waals surface area contributed by atoms with E-state index in [-0.39, 0.29) is 5.97 Å². The van der Waals surface area contributed by atoms with E-state index in [1.54, 1.807) is 14.1 Å². The highest BCUT2D eigenvalue weighted by atomic mass is 16.7. The zero-order chi connectivity index (χ0) is 13.8. The molecule has 0 amide bonds. The molecule has 6 heteroatoms. The van der Waals surface area contributed by atoms with Crippen LogP contribution in [0.4, 0.5) is 0 Å². The largest absolute Gasteiger partial charge is 0.412 e. The lowest BCUT2D eigenvalue weighted by atomic mass is 10.7. The Balaban J connectivity index is 0. The number of quaternary nitrogens is 2. The van der Waals surface area contributed by atoms with Crippen LogP contribution in [0, 0.1) is 0 Å². The lowest BCUT2D eigenvalue weighted by molar-refractivity contribution is -1.04. The van der Waals surface area contributed by atoms with Crippen molar-refractivity contribution in [2.24, 2.45) is 0 Å².